The number of aryl methyl sites for hydroxylation is 1. The first-order chi connectivity index (χ1) is 12.1. The van der Waals surface area contributed by atoms with Gasteiger partial charge in [0.05, 0.1) is 22.7 Å². The van der Waals surface area contributed by atoms with Crippen LogP contribution in [0.4, 0.5) is 26.3 Å². The van der Waals surface area contributed by atoms with Gasteiger partial charge in [-0.05, 0) is 37.5 Å². The van der Waals surface area contributed by atoms with Crippen molar-refractivity contribution in [1.82, 2.24) is 9.55 Å². The fraction of sp³-hybridized carbons (Fsp3) is 0.500. The quantitative estimate of drug-likeness (QED) is 0.756. The van der Waals surface area contributed by atoms with Crippen LogP contribution in [0.25, 0.3) is 11.0 Å². The van der Waals surface area contributed by atoms with Gasteiger partial charge in [-0.15, -0.1) is 0 Å². The summed E-state index contributed by atoms with van der Waals surface area (Å²) in [6.07, 6.45) is -8.20. The summed E-state index contributed by atoms with van der Waals surface area (Å²) in [5.74, 6) is 0. The predicted octanol–water partition coefficient (Wildman–Crippen LogP) is 4.00. The molecule has 1 fully saturated rings. The lowest BCUT2D eigenvalue weighted by Crippen LogP contribution is -2.31. The molecule has 1 aliphatic rings. The lowest BCUT2D eigenvalue weighted by atomic mass is 10.1. The maximum atomic E-state index is 13.1. The lowest BCUT2D eigenvalue weighted by Gasteiger charge is -2.17. The molecule has 0 aliphatic carbocycles. The van der Waals surface area contributed by atoms with Crippen LogP contribution in [0.15, 0.2) is 23.0 Å². The molecule has 1 aromatic carbocycles. The number of fused-ring (bicyclic) bond motifs is 1. The zero-order chi connectivity index (χ0) is 19.1. The summed E-state index contributed by atoms with van der Waals surface area (Å²) >= 11 is 0. The van der Waals surface area contributed by atoms with Crippen LogP contribution < -0.4 is 5.56 Å². The SMILES string of the molecule is O=c1c(C(F)(F)F)nc2ccc(C(F)(F)F)cc2n1CC[C@H]1CCCO1. The third-order valence-electron chi connectivity index (χ3n) is 4.24. The zero-order valence-corrected chi connectivity index (χ0v) is 13.3. The van der Waals surface area contributed by atoms with Crippen molar-refractivity contribution in [1.29, 1.82) is 0 Å². The highest BCUT2D eigenvalue weighted by Gasteiger charge is 2.38. The van der Waals surface area contributed by atoms with Gasteiger partial charge in [0.25, 0.3) is 5.56 Å². The fourth-order valence-corrected chi connectivity index (χ4v) is 2.97. The molecule has 0 unspecified atom stereocenters. The summed E-state index contributed by atoms with van der Waals surface area (Å²) in [5.41, 5.74) is -4.76. The van der Waals surface area contributed by atoms with E-state index in [0.717, 1.165) is 12.5 Å². The first kappa shape index (κ1) is 18.7. The van der Waals surface area contributed by atoms with Crippen LogP contribution in [0.1, 0.15) is 30.5 Å². The largest absolute Gasteiger partial charge is 0.438 e. The first-order valence-corrected chi connectivity index (χ1v) is 7.88. The summed E-state index contributed by atoms with van der Waals surface area (Å²) in [4.78, 5) is 15.5. The molecular formula is C16H14F6N2O2. The summed E-state index contributed by atoms with van der Waals surface area (Å²) in [6, 6.07) is 2.14. The van der Waals surface area contributed by atoms with Gasteiger partial charge in [-0.1, -0.05) is 0 Å². The van der Waals surface area contributed by atoms with Crippen molar-refractivity contribution in [3.63, 3.8) is 0 Å². The van der Waals surface area contributed by atoms with Gasteiger partial charge >= 0.3 is 12.4 Å². The number of alkyl halides is 6. The van der Waals surface area contributed by atoms with E-state index >= 15 is 0 Å². The minimum absolute atomic E-state index is 0.188. The average Bonchev–Trinajstić information content (AvgIpc) is 3.04. The van der Waals surface area contributed by atoms with Gasteiger partial charge < -0.3 is 9.30 Å². The Morgan fingerprint density at radius 2 is 1.88 bits per heavy atom. The van der Waals surface area contributed by atoms with E-state index < -0.39 is 29.2 Å². The molecule has 0 saturated carbocycles. The third-order valence-corrected chi connectivity index (χ3v) is 4.24. The molecule has 2 aromatic rings. The topological polar surface area (TPSA) is 44.1 Å². The summed E-state index contributed by atoms with van der Waals surface area (Å²) in [6.45, 7) is 0.329. The van der Waals surface area contributed by atoms with E-state index in [1.54, 1.807) is 0 Å². The molecule has 1 aliphatic heterocycles. The van der Waals surface area contributed by atoms with E-state index in [1.165, 1.54) is 0 Å². The summed E-state index contributed by atoms with van der Waals surface area (Å²) in [5, 5.41) is 0. The smallest absolute Gasteiger partial charge is 0.378 e. The number of hydrogen-bond acceptors (Lipinski definition) is 3. The van der Waals surface area contributed by atoms with Gasteiger partial charge in [0, 0.05) is 13.2 Å². The Hall–Kier alpha value is -2.10. The molecular weight excluding hydrogens is 366 g/mol. The summed E-state index contributed by atoms with van der Waals surface area (Å²) in [7, 11) is 0. The van der Waals surface area contributed by atoms with Crippen LogP contribution in [0.2, 0.25) is 0 Å². The Labute approximate surface area is 143 Å². The molecule has 0 spiro atoms. The van der Waals surface area contributed by atoms with Crippen LogP contribution in [-0.2, 0) is 23.6 Å². The second-order valence-electron chi connectivity index (χ2n) is 6.04. The van der Waals surface area contributed by atoms with Crippen LogP contribution in [0.3, 0.4) is 0 Å². The molecule has 142 valence electrons. The Morgan fingerprint density at radius 1 is 1.15 bits per heavy atom. The Kier molecular flexibility index (Phi) is 4.72. The Balaban J connectivity index is 2.14. The summed E-state index contributed by atoms with van der Waals surface area (Å²) < 4.78 is 84.2. The van der Waals surface area contributed by atoms with Gasteiger partial charge in [-0.25, -0.2) is 4.98 Å². The normalized spacial score (nSPS) is 18.6. The number of aromatic nitrogens is 2. The van der Waals surface area contributed by atoms with Gasteiger partial charge in [0.2, 0.25) is 5.69 Å². The van der Waals surface area contributed by atoms with E-state index in [0.29, 0.717) is 29.7 Å². The number of rotatable bonds is 3. The highest BCUT2D eigenvalue weighted by molar-refractivity contribution is 5.76. The molecule has 26 heavy (non-hydrogen) atoms. The van der Waals surface area contributed by atoms with Crippen molar-refractivity contribution in [3.05, 3.63) is 39.8 Å². The minimum atomic E-state index is -5.00. The van der Waals surface area contributed by atoms with Crippen LogP contribution >= 0.6 is 0 Å². The van der Waals surface area contributed by atoms with Crippen LogP contribution in [-0.4, -0.2) is 22.3 Å². The molecule has 0 radical (unpaired) electrons. The lowest BCUT2D eigenvalue weighted by molar-refractivity contribution is -0.142. The standard InChI is InChI=1S/C16H14F6N2O2/c17-15(18,19)9-3-4-11-12(8-9)24(6-5-10-2-1-7-26-10)14(25)13(23-11)16(20,21)22/h3-4,8,10H,1-2,5-7H2/t10-/m1/s1. The zero-order valence-electron chi connectivity index (χ0n) is 13.3. The second-order valence-corrected chi connectivity index (χ2v) is 6.04. The van der Waals surface area contributed by atoms with Gasteiger partial charge in [-0.3, -0.25) is 4.79 Å². The fourth-order valence-electron chi connectivity index (χ4n) is 2.97. The molecule has 0 amide bonds. The third kappa shape index (κ3) is 3.69. The predicted molar refractivity (Wildman–Crippen MR) is 79.6 cm³/mol. The van der Waals surface area contributed by atoms with E-state index in [1.807, 2.05) is 0 Å². The first-order valence-electron chi connectivity index (χ1n) is 7.88. The molecule has 4 nitrogen and oxygen atoms in total. The minimum Gasteiger partial charge on any atom is -0.378 e. The van der Waals surface area contributed by atoms with Crippen molar-refractivity contribution in [2.75, 3.05) is 6.61 Å². The van der Waals surface area contributed by atoms with Gasteiger partial charge in [0.15, 0.2) is 0 Å². The number of benzene rings is 1. The number of hydrogen-bond donors (Lipinski definition) is 0. The molecule has 0 bridgehead atoms. The Bertz CT molecular complexity index is 866. The van der Waals surface area contributed by atoms with Crippen molar-refractivity contribution >= 4 is 11.0 Å². The van der Waals surface area contributed by atoms with E-state index in [-0.39, 0.29) is 30.1 Å². The van der Waals surface area contributed by atoms with Crippen molar-refractivity contribution in [2.24, 2.45) is 0 Å². The van der Waals surface area contributed by atoms with E-state index in [4.69, 9.17) is 4.74 Å². The maximum absolute atomic E-state index is 13.1. The number of nitrogens with zero attached hydrogens (tertiary/aromatic N) is 2. The molecule has 1 atom stereocenters. The second kappa shape index (κ2) is 6.57. The van der Waals surface area contributed by atoms with Crippen LogP contribution in [0.5, 0.6) is 0 Å². The van der Waals surface area contributed by atoms with Gasteiger partial charge in [0.1, 0.15) is 0 Å². The molecule has 2 heterocycles. The van der Waals surface area contributed by atoms with E-state index in [2.05, 4.69) is 4.98 Å². The molecule has 1 saturated heterocycles. The van der Waals surface area contributed by atoms with Gasteiger partial charge in [-0.2, -0.15) is 26.3 Å². The van der Waals surface area contributed by atoms with Crippen molar-refractivity contribution in [2.45, 2.75) is 44.3 Å². The number of ether oxygens (including phenoxy) is 1. The van der Waals surface area contributed by atoms with E-state index in [9.17, 15) is 31.1 Å². The number of halogens is 6. The highest BCUT2D eigenvalue weighted by Crippen LogP contribution is 2.32. The molecule has 10 heteroatoms. The van der Waals surface area contributed by atoms with Crippen LogP contribution in [0, 0.1) is 0 Å². The average molecular weight is 380 g/mol. The Morgan fingerprint density at radius 3 is 2.46 bits per heavy atom. The molecule has 0 N–H and O–H groups in total. The maximum Gasteiger partial charge on any atom is 0.438 e. The molecule has 3 rings (SSSR count). The van der Waals surface area contributed by atoms with Crippen molar-refractivity contribution < 1.29 is 31.1 Å². The monoisotopic (exact) mass is 380 g/mol. The molecule has 1 aromatic heterocycles. The highest BCUT2D eigenvalue weighted by atomic mass is 19.4. The van der Waals surface area contributed by atoms with Crippen molar-refractivity contribution in [3.8, 4) is 0 Å².